The van der Waals surface area contributed by atoms with Gasteiger partial charge in [-0.25, -0.2) is 0 Å². The van der Waals surface area contributed by atoms with Crippen molar-refractivity contribution in [2.45, 2.75) is 18.9 Å². The monoisotopic (exact) mass is 312 g/mol. The summed E-state index contributed by atoms with van der Waals surface area (Å²) in [5.41, 5.74) is 1.05. The first-order chi connectivity index (χ1) is 8.70. The Morgan fingerprint density at radius 1 is 1.56 bits per heavy atom. The highest BCUT2D eigenvalue weighted by Crippen LogP contribution is 2.34. The van der Waals surface area contributed by atoms with Crippen LogP contribution in [-0.4, -0.2) is 26.1 Å². The van der Waals surface area contributed by atoms with Gasteiger partial charge in [-0.1, -0.05) is 15.9 Å². The predicted octanol–water partition coefficient (Wildman–Crippen LogP) is 2.00. The maximum Gasteiger partial charge on any atom is 0.221 e. The van der Waals surface area contributed by atoms with Gasteiger partial charge in [0, 0.05) is 29.4 Å². The third-order valence-corrected chi connectivity index (χ3v) is 3.44. The number of rotatable bonds is 4. The lowest BCUT2D eigenvalue weighted by atomic mass is 10.0. The Hall–Kier alpha value is -1.07. The number of fused-ring (bicyclic) bond motifs is 1. The van der Waals surface area contributed by atoms with Gasteiger partial charge in [-0.05, 0) is 25.2 Å². The molecular formula is C13H17BrN2O2. The fourth-order valence-corrected chi connectivity index (χ4v) is 2.40. The molecule has 0 bridgehead atoms. The van der Waals surface area contributed by atoms with Gasteiger partial charge in [0.15, 0.2) is 0 Å². The van der Waals surface area contributed by atoms with Crippen LogP contribution in [0.2, 0.25) is 0 Å². The number of benzene rings is 1. The summed E-state index contributed by atoms with van der Waals surface area (Å²) >= 11 is 3.45. The molecule has 98 valence electrons. The van der Waals surface area contributed by atoms with Gasteiger partial charge in [0.2, 0.25) is 5.91 Å². The number of halogens is 1. The van der Waals surface area contributed by atoms with E-state index in [1.165, 1.54) is 0 Å². The predicted molar refractivity (Wildman–Crippen MR) is 73.7 cm³/mol. The lowest BCUT2D eigenvalue weighted by molar-refractivity contribution is -0.121. The number of hydrogen-bond acceptors (Lipinski definition) is 3. The molecule has 1 aromatic carbocycles. The highest BCUT2D eigenvalue weighted by Gasteiger charge is 2.22. The van der Waals surface area contributed by atoms with Crippen LogP contribution in [0.15, 0.2) is 22.7 Å². The molecule has 1 aromatic rings. The van der Waals surface area contributed by atoms with Crippen molar-refractivity contribution in [3.05, 3.63) is 28.2 Å². The molecule has 1 aliphatic heterocycles. The Balaban J connectivity index is 2.07. The third-order valence-electron chi connectivity index (χ3n) is 2.95. The van der Waals surface area contributed by atoms with E-state index in [9.17, 15) is 4.79 Å². The van der Waals surface area contributed by atoms with Crippen LogP contribution in [0.3, 0.4) is 0 Å². The van der Waals surface area contributed by atoms with Crippen molar-refractivity contribution in [2.24, 2.45) is 0 Å². The van der Waals surface area contributed by atoms with Gasteiger partial charge in [0.05, 0.1) is 12.6 Å². The summed E-state index contributed by atoms with van der Waals surface area (Å²) in [6.45, 7) is 1.34. The fourth-order valence-electron chi connectivity index (χ4n) is 2.02. The first-order valence-corrected chi connectivity index (χ1v) is 6.86. The van der Waals surface area contributed by atoms with Crippen molar-refractivity contribution in [3.8, 4) is 5.75 Å². The van der Waals surface area contributed by atoms with Crippen molar-refractivity contribution < 1.29 is 9.53 Å². The zero-order valence-electron chi connectivity index (χ0n) is 10.3. The molecule has 1 amide bonds. The molecule has 0 spiro atoms. The van der Waals surface area contributed by atoms with E-state index >= 15 is 0 Å². The van der Waals surface area contributed by atoms with Crippen LogP contribution in [-0.2, 0) is 4.79 Å². The standard InChI is InChI=1S/C13H17BrN2O2/c1-15-6-4-13(17)16-11-5-7-18-12-3-2-9(14)8-10(11)12/h2-3,8,11,15H,4-7H2,1H3,(H,16,17). The Bertz CT molecular complexity index is 437. The molecule has 0 aliphatic carbocycles. The largest absolute Gasteiger partial charge is 0.493 e. The van der Waals surface area contributed by atoms with Gasteiger partial charge in [-0.3, -0.25) is 4.79 Å². The second-order valence-corrected chi connectivity index (χ2v) is 5.21. The van der Waals surface area contributed by atoms with E-state index in [1.54, 1.807) is 0 Å². The summed E-state index contributed by atoms with van der Waals surface area (Å²) in [4.78, 5) is 11.8. The van der Waals surface area contributed by atoms with Gasteiger partial charge < -0.3 is 15.4 Å². The third kappa shape index (κ3) is 3.23. The molecule has 1 atom stereocenters. The highest BCUT2D eigenvalue weighted by atomic mass is 79.9. The van der Waals surface area contributed by atoms with Crippen LogP contribution in [0.4, 0.5) is 0 Å². The molecule has 18 heavy (non-hydrogen) atoms. The van der Waals surface area contributed by atoms with E-state index in [1.807, 2.05) is 25.2 Å². The van der Waals surface area contributed by atoms with E-state index in [-0.39, 0.29) is 11.9 Å². The summed E-state index contributed by atoms with van der Waals surface area (Å²) in [6.07, 6.45) is 1.31. The zero-order chi connectivity index (χ0) is 13.0. The Morgan fingerprint density at radius 3 is 3.17 bits per heavy atom. The molecule has 0 saturated carbocycles. The van der Waals surface area contributed by atoms with Crippen LogP contribution in [0.25, 0.3) is 0 Å². The SMILES string of the molecule is CNCCC(=O)NC1CCOc2ccc(Br)cc21. The van der Waals surface area contributed by atoms with Gasteiger partial charge >= 0.3 is 0 Å². The minimum atomic E-state index is 0.0515. The van der Waals surface area contributed by atoms with E-state index in [0.717, 1.165) is 22.2 Å². The first-order valence-electron chi connectivity index (χ1n) is 6.07. The Kier molecular flexibility index (Phi) is 4.60. The lowest BCUT2D eigenvalue weighted by Gasteiger charge is -2.27. The molecule has 4 nitrogen and oxygen atoms in total. The van der Waals surface area contributed by atoms with E-state index in [2.05, 4.69) is 26.6 Å². The number of carbonyl (C=O) groups is 1. The molecule has 1 aliphatic rings. The highest BCUT2D eigenvalue weighted by molar-refractivity contribution is 9.10. The number of hydrogen-bond donors (Lipinski definition) is 2. The second kappa shape index (κ2) is 6.20. The van der Waals surface area contributed by atoms with E-state index in [4.69, 9.17) is 4.74 Å². The molecule has 0 fully saturated rings. The van der Waals surface area contributed by atoms with Crippen molar-refractivity contribution in [1.82, 2.24) is 10.6 Å². The molecule has 1 unspecified atom stereocenters. The lowest BCUT2D eigenvalue weighted by Crippen LogP contribution is -2.33. The van der Waals surface area contributed by atoms with Gasteiger partial charge in [-0.2, -0.15) is 0 Å². The summed E-state index contributed by atoms with van der Waals surface area (Å²) in [7, 11) is 1.84. The summed E-state index contributed by atoms with van der Waals surface area (Å²) in [5, 5.41) is 6.03. The summed E-state index contributed by atoms with van der Waals surface area (Å²) in [5.74, 6) is 0.936. The minimum Gasteiger partial charge on any atom is -0.493 e. The zero-order valence-corrected chi connectivity index (χ0v) is 11.9. The molecule has 0 aromatic heterocycles. The van der Waals surface area contributed by atoms with E-state index in [0.29, 0.717) is 19.6 Å². The molecule has 2 rings (SSSR count). The maximum absolute atomic E-state index is 11.8. The van der Waals surface area contributed by atoms with Crippen LogP contribution < -0.4 is 15.4 Å². The summed E-state index contributed by atoms with van der Waals surface area (Å²) in [6, 6.07) is 5.95. The van der Waals surface area contributed by atoms with Crippen LogP contribution in [0, 0.1) is 0 Å². The van der Waals surface area contributed by atoms with Crippen LogP contribution in [0.1, 0.15) is 24.4 Å². The Morgan fingerprint density at radius 2 is 2.39 bits per heavy atom. The molecule has 5 heteroatoms. The van der Waals surface area contributed by atoms with Crippen LogP contribution >= 0.6 is 15.9 Å². The average Bonchev–Trinajstić information content (AvgIpc) is 2.37. The van der Waals surface area contributed by atoms with Gasteiger partial charge in [-0.15, -0.1) is 0 Å². The van der Waals surface area contributed by atoms with Crippen LogP contribution in [0.5, 0.6) is 5.75 Å². The second-order valence-electron chi connectivity index (χ2n) is 4.29. The number of ether oxygens (including phenoxy) is 1. The molecule has 0 radical (unpaired) electrons. The van der Waals surface area contributed by atoms with Crippen molar-refractivity contribution in [1.29, 1.82) is 0 Å². The van der Waals surface area contributed by atoms with Crippen molar-refractivity contribution in [2.75, 3.05) is 20.2 Å². The smallest absolute Gasteiger partial charge is 0.221 e. The molecular weight excluding hydrogens is 296 g/mol. The fraction of sp³-hybridized carbons (Fsp3) is 0.462. The van der Waals surface area contributed by atoms with Crippen molar-refractivity contribution in [3.63, 3.8) is 0 Å². The van der Waals surface area contributed by atoms with Crippen molar-refractivity contribution >= 4 is 21.8 Å². The van der Waals surface area contributed by atoms with Gasteiger partial charge in [0.25, 0.3) is 0 Å². The normalized spacial score (nSPS) is 17.8. The van der Waals surface area contributed by atoms with E-state index < -0.39 is 0 Å². The summed E-state index contributed by atoms with van der Waals surface area (Å²) < 4.78 is 6.59. The Labute approximate surface area is 115 Å². The topological polar surface area (TPSA) is 50.4 Å². The number of carbonyl (C=O) groups excluding carboxylic acids is 1. The average molecular weight is 313 g/mol. The number of amides is 1. The quantitative estimate of drug-likeness (QED) is 0.894. The molecule has 0 saturated heterocycles. The maximum atomic E-state index is 11.8. The van der Waals surface area contributed by atoms with Gasteiger partial charge in [0.1, 0.15) is 5.75 Å². The number of nitrogens with one attached hydrogen (secondary N) is 2. The first kappa shape index (κ1) is 13.4. The minimum absolute atomic E-state index is 0.0515. The molecule has 1 heterocycles. The molecule has 2 N–H and O–H groups in total.